The summed E-state index contributed by atoms with van der Waals surface area (Å²) in [5.41, 5.74) is -2.86. The molecule has 146 valence electrons. The van der Waals surface area contributed by atoms with Gasteiger partial charge in [-0.25, -0.2) is 9.37 Å². The molecule has 2 heterocycles. The number of H-pyrrole nitrogens is 1. The van der Waals surface area contributed by atoms with E-state index in [0.717, 1.165) is 18.2 Å². The van der Waals surface area contributed by atoms with E-state index in [-0.39, 0.29) is 30.8 Å². The van der Waals surface area contributed by atoms with Crippen LogP contribution in [0.1, 0.15) is 28.2 Å². The highest BCUT2D eigenvalue weighted by Crippen LogP contribution is 2.34. The summed E-state index contributed by atoms with van der Waals surface area (Å²) in [6.45, 7) is -0.644. The van der Waals surface area contributed by atoms with E-state index in [1.54, 1.807) is 4.98 Å². The molecule has 4 nitrogen and oxygen atoms in total. The van der Waals surface area contributed by atoms with Crippen LogP contribution in [0.2, 0.25) is 0 Å². The van der Waals surface area contributed by atoms with E-state index < -0.39 is 47.2 Å². The zero-order valence-corrected chi connectivity index (χ0v) is 13.5. The fraction of sp³-hybridized carbons (Fsp3) is 0.375. The molecule has 0 saturated carbocycles. The molecule has 3 rings (SSSR count). The van der Waals surface area contributed by atoms with Gasteiger partial charge in [0.15, 0.2) is 0 Å². The number of hydrogen-bond acceptors (Lipinski definition) is 3. The Morgan fingerprint density at radius 2 is 1.81 bits per heavy atom. The number of rotatable bonds is 2. The van der Waals surface area contributed by atoms with Crippen LogP contribution in [0, 0.1) is 5.82 Å². The van der Waals surface area contributed by atoms with Crippen molar-refractivity contribution >= 4 is 0 Å². The SMILES string of the molecule is O=c1[nH]c(C(F)(F)F)nc2c1CN(Cc1c(F)cccc1C(F)(F)F)CC2. The second kappa shape index (κ2) is 6.63. The minimum atomic E-state index is -4.82. The van der Waals surface area contributed by atoms with E-state index in [9.17, 15) is 35.5 Å². The van der Waals surface area contributed by atoms with Crippen LogP contribution < -0.4 is 5.56 Å². The quantitative estimate of drug-likeness (QED) is 0.792. The predicted octanol–water partition coefficient (Wildman–Crippen LogP) is 3.50. The highest BCUT2D eigenvalue weighted by Gasteiger charge is 2.37. The molecule has 0 amide bonds. The molecule has 0 radical (unpaired) electrons. The van der Waals surface area contributed by atoms with E-state index in [1.165, 1.54) is 4.90 Å². The van der Waals surface area contributed by atoms with E-state index in [2.05, 4.69) is 4.98 Å². The second-order valence-corrected chi connectivity index (χ2v) is 6.06. The van der Waals surface area contributed by atoms with Gasteiger partial charge in [0.25, 0.3) is 5.56 Å². The predicted molar refractivity (Wildman–Crippen MR) is 79.1 cm³/mol. The maximum absolute atomic E-state index is 14.0. The minimum Gasteiger partial charge on any atom is -0.303 e. The topological polar surface area (TPSA) is 49.0 Å². The number of fused-ring (bicyclic) bond motifs is 1. The zero-order valence-electron chi connectivity index (χ0n) is 13.5. The maximum atomic E-state index is 14.0. The van der Waals surface area contributed by atoms with Crippen LogP contribution in [0.5, 0.6) is 0 Å². The lowest BCUT2D eigenvalue weighted by molar-refractivity contribution is -0.145. The van der Waals surface area contributed by atoms with Crippen LogP contribution in [0.3, 0.4) is 0 Å². The number of alkyl halides is 6. The number of aromatic amines is 1. The van der Waals surface area contributed by atoms with Gasteiger partial charge in [0, 0.05) is 31.6 Å². The molecule has 0 atom stereocenters. The summed E-state index contributed by atoms with van der Waals surface area (Å²) in [6.07, 6.45) is -9.65. The lowest BCUT2D eigenvalue weighted by Gasteiger charge is -2.29. The van der Waals surface area contributed by atoms with Gasteiger partial charge >= 0.3 is 12.4 Å². The minimum absolute atomic E-state index is 0.0341. The molecule has 1 aliphatic heterocycles. The Hall–Kier alpha value is -2.43. The van der Waals surface area contributed by atoms with Crippen molar-refractivity contribution in [3.63, 3.8) is 0 Å². The Morgan fingerprint density at radius 3 is 2.44 bits per heavy atom. The molecule has 1 aromatic carbocycles. The van der Waals surface area contributed by atoms with E-state index in [1.807, 2.05) is 0 Å². The van der Waals surface area contributed by atoms with Crippen LogP contribution in [-0.2, 0) is 31.9 Å². The van der Waals surface area contributed by atoms with Gasteiger partial charge in [-0.3, -0.25) is 9.69 Å². The van der Waals surface area contributed by atoms with Gasteiger partial charge in [-0.2, -0.15) is 26.3 Å². The molecule has 0 saturated heterocycles. The molecule has 0 unspecified atom stereocenters. The van der Waals surface area contributed by atoms with Gasteiger partial charge in [-0.05, 0) is 12.1 Å². The molecule has 0 fully saturated rings. The first-order valence-electron chi connectivity index (χ1n) is 7.73. The van der Waals surface area contributed by atoms with Gasteiger partial charge in [-0.15, -0.1) is 0 Å². The molecule has 0 bridgehead atoms. The summed E-state index contributed by atoms with van der Waals surface area (Å²) in [5, 5.41) is 0. The van der Waals surface area contributed by atoms with Crippen LogP contribution in [0.15, 0.2) is 23.0 Å². The van der Waals surface area contributed by atoms with Crippen molar-refractivity contribution in [2.45, 2.75) is 31.9 Å². The molecule has 1 aliphatic rings. The second-order valence-electron chi connectivity index (χ2n) is 6.06. The van der Waals surface area contributed by atoms with E-state index in [4.69, 9.17) is 0 Å². The average molecular weight is 395 g/mol. The molecule has 1 N–H and O–H groups in total. The first-order chi connectivity index (χ1) is 12.5. The van der Waals surface area contributed by atoms with Gasteiger partial charge in [0.1, 0.15) is 5.82 Å². The summed E-state index contributed by atoms with van der Waals surface area (Å²) in [6, 6.07) is 2.59. The summed E-state index contributed by atoms with van der Waals surface area (Å²) in [7, 11) is 0. The van der Waals surface area contributed by atoms with Crippen molar-refractivity contribution in [2.24, 2.45) is 0 Å². The van der Waals surface area contributed by atoms with Crippen molar-refractivity contribution in [3.05, 3.63) is 62.6 Å². The van der Waals surface area contributed by atoms with Crippen molar-refractivity contribution in [1.82, 2.24) is 14.9 Å². The van der Waals surface area contributed by atoms with Crippen molar-refractivity contribution in [3.8, 4) is 0 Å². The Morgan fingerprint density at radius 1 is 1.11 bits per heavy atom. The number of aromatic nitrogens is 2. The van der Waals surface area contributed by atoms with Crippen LogP contribution in [-0.4, -0.2) is 21.4 Å². The maximum Gasteiger partial charge on any atom is 0.449 e. The molecular weight excluding hydrogens is 383 g/mol. The monoisotopic (exact) mass is 395 g/mol. The molecule has 2 aromatic rings. The third-order valence-electron chi connectivity index (χ3n) is 4.22. The average Bonchev–Trinajstić information content (AvgIpc) is 2.55. The lowest BCUT2D eigenvalue weighted by atomic mass is 10.0. The molecule has 1 aromatic heterocycles. The van der Waals surface area contributed by atoms with E-state index >= 15 is 0 Å². The zero-order chi connectivity index (χ0) is 20.0. The highest BCUT2D eigenvalue weighted by molar-refractivity contribution is 5.31. The Kier molecular flexibility index (Phi) is 4.74. The summed E-state index contributed by atoms with van der Waals surface area (Å²) < 4.78 is 91.4. The third kappa shape index (κ3) is 3.97. The van der Waals surface area contributed by atoms with Crippen LogP contribution in [0.25, 0.3) is 0 Å². The lowest BCUT2D eigenvalue weighted by Crippen LogP contribution is -2.37. The molecular formula is C16H12F7N3O. The Bertz CT molecular complexity index is 918. The Labute approximate surface area is 147 Å². The number of halogens is 7. The number of nitrogens with one attached hydrogen (secondary N) is 1. The van der Waals surface area contributed by atoms with Gasteiger partial charge in [0.05, 0.1) is 16.8 Å². The smallest absolute Gasteiger partial charge is 0.303 e. The summed E-state index contributed by atoms with van der Waals surface area (Å²) in [4.78, 5) is 18.3. The first-order valence-corrected chi connectivity index (χ1v) is 7.73. The van der Waals surface area contributed by atoms with Crippen molar-refractivity contribution < 1.29 is 30.7 Å². The highest BCUT2D eigenvalue weighted by atomic mass is 19.4. The fourth-order valence-corrected chi connectivity index (χ4v) is 2.96. The van der Waals surface area contributed by atoms with E-state index in [0.29, 0.717) is 0 Å². The molecule has 27 heavy (non-hydrogen) atoms. The molecule has 0 aliphatic carbocycles. The standard InChI is InChI=1S/C16H12F7N3O/c17-11-3-1-2-10(15(18,19)20)8(11)6-26-5-4-12-9(7-26)13(27)25-14(24-12)16(21,22)23/h1-3H,4-7H2,(H,24,25,27). The van der Waals surface area contributed by atoms with Gasteiger partial charge in [0.2, 0.25) is 5.82 Å². The van der Waals surface area contributed by atoms with Gasteiger partial charge < -0.3 is 4.98 Å². The van der Waals surface area contributed by atoms with Crippen molar-refractivity contribution in [2.75, 3.05) is 6.54 Å². The summed E-state index contributed by atoms with van der Waals surface area (Å²) >= 11 is 0. The van der Waals surface area contributed by atoms with Crippen molar-refractivity contribution in [1.29, 1.82) is 0 Å². The normalized spacial score (nSPS) is 15.7. The number of nitrogens with zero attached hydrogens (tertiary/aromatic N) is 2. The van der Waals surface area contributed by atoms with Crippen LogP contribution >= 0.6 is 0 Å². The largest absolute Gasteiger partial charge is 0.449 e. The fourth-order valence-electron chi connectivity index (χ4n) is 2.96. The number of benzene rings is 1. The molecule has 11 heteroatoms. The third-order valence-corrected chi connectivity index (χ3v) is 4.22. The Balaban J connectivity index is 1.90. The van der Waals surface area contributed by atoms with Crippen LogP contribution in [0.4, 0.5) is 30.7 Å². The van der Waals surface area contributed by atoms with Gasteiger partial charge in [-0.1, -0.05) is 6.07 Å². The first kappa shape index (κ1) is 19.3. The molecule has 0 spiro atoms. The number of hydrogen-bond donors (Lipinski definition) is 1. The summed E-state index contributed by atoms with van der Waals surface area (Å²) in [5.74, 6) is -2.47.